The summed E-state index contributed by atoms with van der Waals surface area (Å²) >= 11 is 0. The van der Waals surface area contributed by atoms with E-state index in [1.165, 1.54) is 0 Å². The molecule has 1 saturated heterocycles. The third-order valence-corrected chi connectivity index (χ3v) is 3.41. The number of ketones is 1. The molecule has 86 valence electrons. The van der Waals surface area contributed by atoms with E-state index in [9.17, 15) is 4.79 Å². The first-order valence-corrected chi connectivity index (χ1v) is 5.76. The van der Waals surface area contributed by atoms with E-state index in [0.29, 0.717) is 18.1 Å². The second-order valence-corrected chi connectivity index (χ2v) is 4.85. The van der Waals surface area contributed by atoms with Crippen molar-refractivity contribution in [3.8, 4) is 0 Å². The minimum Gasteiger partial charge on any atom is -0.375 e. The van der Waals surface area contributed by atoms with Gasteiger partial charge in [-0.25, -0.2) is 0 Å². The third kappa shape index (κ3) is 2.91. The lowest BCUT2D eigenvalue weighted by molar-refractivity contribution is -0.125. The molecule has 0 spiro atoms. The van der Waals surface area contributed by atoms with Gasteiger partial charge in [0, 0.05) is 12.3 Å². The lowest BCUT2D eigenvalue weighted by Gasteiger charge is -2.16. The van der Waals surface area contributed by atoms with Crippen molar-refractivity contribution in [3.63, 3.8) is 0 Å². The predicted octanol–water partition coefficient (Wildman–Crippen LogP) is 2.97. The molecule has 1 aliphatic heterocycles. The Hall–Kier alpha value is -0.630. The highest BCUT2D eigenvalue weighted by Crippen LogP contribution is 2.33. The van der Waals surface area contributed by atoms with Gasteiger partial charge in [-0.15, -0.1) is 6.58 Å². The SMILES string of the molecule is C=C(C)CCC(=O)C1C(C)OC(C)C1C. The fourth-order valence-electron chi connectivity index (χ4n) is 2.32. The van der Waals surface area contributed by atoms with Crippen LogP contribution in [0.2, 0.25) is 0 Å². The summed E-state index contributed by atoms with van der Waals surface area (Å²) in [5, 5.41) is 0. The van der Waals surface area contributed by atoms with Gasteiger partial charge < -0.3 is 4.74 Å². The van der Waals surface area contributed by atoms with Crippen molar-refractivity contribution in [3.05, 3.63) is 12.2 Å². The Morgan fingerprint density at radius 3 is 2.20 bits per heavy atom. The molecule has 2 nitrogen and oxygen atoms in total. The maximum absolute atomic E-state index is 12.0. The summed E-state index contributed by atoms with van der Waals surface area (Å²) in [7, 11) is 0. The maximum atomic E-state index is 12.0. The van der Waals surface area contributed by atoms with Crippen molar-refractivity contribution in [2.45, 2.75) is 52.7 Å². The fraction of sp³-hybridized carbons (Fsp3) is 0.769. The first-order valence-electron chi connectivity index (χ1n) is 5.76. The van der Waals surface area contributed by atoms with Crippen LogP contribution in [-0.4, -0.2) is 18.0 Å². The summed E-state index contributed by atoms with van der Waals surface area (Å²) in [6.07, 6.45) is 1.71. The molecule has 0 amide bonds. The first-order chi connectivity index (χ1) is 6.93. The molecule has 4 atom stereocenters. The Bertz CT molecular complexity index is 257. The first kappa shape index (κ1) is 12.4. The van der Waals surface area contributed by atoms with E-state index in [1.807, 2.05) is 20.8 Å². The molecule has 2 heteroatoms. The molecule has 0 N–H and O–H groups in total. The Balaban J connectivity index is 2.55. The van der Waals surface area contributed by atoms with Crippen LogP contribution in [0.4, 0.5) is 0 Å². The van der Waals surface area contributed by atoms with Crippen LogP contribution in [0.1, 0.15) is 40.5 Å². The average Bonchev–Trinajstić information content (AvgIpc) is 2.37. The molecule has 0 saturated carbocycles. The van der Waals surface area contributed by atoms with Crippen LogP contribution in [0.25, 0.3) is 0 Å². The third-order valence-electron chi connectivity index (χ3n) is 3.41. The van der Waals surface area contributed by atoms with Crippen LogP contribution >= 0.6 is 0 Å². The van der Waals surface area contributed by atoms with E-state index < -0.39 is 0 Å². The number of Topliss-reactive ketones (excluding diaryl/α,β-unsaturated/α-hetero) is 1. The lowest BCUT2D eigenvalue weighted by atomic mass is 9.84. The zero-order chi connectivity index (χ0) is 11.6. The molecule has 1 rings (SSSR count). The quantitative estimate of drug-likeness (QED) is 0.667. The summed E-state index contributed by atoms with van der Waals surface area (Å²) in [6, 6.07) is 0. The maximum Gasteiger partial charge on any atom is 0.139 e. The van der Waals surface area contributed by atoms with Gasteiger partial charge in [-0.05, 0) is 33.1 Å². The van der Waals surface area contributed by atoms with Gasteiger partial charge in [0.05, 0.1) is 12.2 Å². The number of hydrogen-bond donors (Lipinski definition) is 0. The standard InChI is InChI=1S/C13H22O2/c1-8(2)6-7-12(14)13-9(3)10(4)15-11(13)5/h9-11,13H,1,6-7H2,2-5H3. The Labute approximate surface area is 92.7 Å². The number of rotatable bonds is 4. The van der Waals surface area contributed by atoms with E-state index in [1.54, 1.807) is 0 Å². The van der Waals surface area contributed by atoms with Gasteiger partial charge >= 0.3 is 0 Å². The largest absolute Gasteiger partial charge is 0.375 e. The van der Waals surface area contributed by atoms with E-state index in [-0.39, 0.29) is 18.1 Å². The van der Waals surface area contributed by atoms with Crippen molar-refractivity contribution < 1.29 is 9.53 Å². The second kappa shape index (κ2) is 4.93. The summed E-state index contributed by atoms with van der Waals surface area (Å²) in [5.41, 5.74) is 1.08. The smallest absolute Gasteiger partial charge is 0.139 e. The molecule has 0 aromatic heterocycles. The van der Waals surface area contributed by atoms with E-state index >= 15 is 0 Å². The van der Waals surface area contributed by atoms with Crippen LogP contribution < -0.4 is 0 Å². The highest BCUT2D eigenvalue weighted by atomic mass is 16.5. The second-order valence-electron chi connectivity index (χ2n) is 4.85. The Morgan fingerprint density at radius 1 is 1.20 bits per heavy atom. The van der Waals surface area contributed by atoms with E-state index in [4.69, 9.17) is 4.74 Å². The van der Waals surface area contributed by atoms with Gasteiger partial charge in [0.15, 0.2) is 0 Å². The number of carbonyl (C=O) groups is 1. The van der Waals surface area contributed by atoms with Crippen LogP contribution in [0, 0.1) is 11.8 Å². The number of hydrogen-bond acceptors (Lipinski definition) is 2. The van der Waals surface area contributed by atoms with Crippen LogP contribution in [0.5, 0.6) is 0 Å². The van der Waals surface area contributed by atoms with Crippen molar-refractivity contribution in [1.82, 2.24) is 0 Å². The van der Waals surface area contributed by atoms with Gasteiger partial charge in [-0.1, -0.05) is 12.5 Å². The number of ether oxygens (including phenoxy) is 1. The summed E-state index contributed by atoms with van der Waals surface area (Å²) < 4.78 is 5.67. The molecule has 4 unspecified atom stereocenters. The van der Waals surface area contributed by atoms with Crippen molar-refractivity contribution in [1.29, 1.82) is 0 Å². The minimum absolute atomic E-state index is 0.0765. The normalized spacial score (nSPS) is 35.5. The molecule has 1 aliphatic rings. The molecule has 1 fully saturated rings. The molecule has 0 radical (unpaired) electrons. The average molecular weight is 210 g/mol. The van der Waals surface area contributed by atoms with Gasteiger partial charge in [0.1, 0.15) is 5.78 Å². The molecule has 0 aliphatic carbocycles. The van der Waals surface area contributed by atoms with Gasteiger partial charge in [-0.3, -0.25) is 4.79 Å². The van der Waals surface area contributed by atoms with Gasteiger partial charge in [-0.2, -0.15) is 0 Å². The molecule has 15 heavy (non-hydrogen) atoms. The zero-order valence-corrected chi connectivity index (χ0v) is 10.2. The van der Waals surface area contributed by atoms with Crippen LogP contribution in [0.3, 0.4) is 0 Å². The highest BCUT2D eigenvalue weighted by molar-refractivity contribution is 5.82. The molecule has 1 heterocycles. The molecule has 0 aromatic rings. The number of carbonyl (C=O) groups excluding carboxylic acids is 1. The summed E-state index contributed by atoms with van der Waals surface area (Å²) in [6.45, 7) is 12.0. The highest BCUT2D eigenvalue weighted by Gasteiger charge is 2.40. The predicted molar refractivity (Wildman–Crippen MR) is 61.7 cm³/mol. The Kier molecular flexibility index (Phi) is 4.09. The monoisotopic (exact) mass is 210 g/mol. The fourth-order valence-corrected chi connectivity index (χ4v) is 2.32. The minimum atomic E-state index is 0.0765. The molecular formula is C13H22O2. The van der Waals surface area contributed by atoms with E-state index in [2.05, 4.69) is 13.5 Å². The van der Waals surface area contributed by atoms with Crippen molar-refractivity contribution in [2.24, 2.45) is 11.8 Å². The van der Waals surface area contributed by atoms with Crippen LogP contribution in [-0.2, 0) is 9.53 Å². The van der Waals surface area contributed by atoms with Crippen molar-refractivity contribution >= 4 is 5.78 Å². The Morgan fingerprint density at radius 2 is 1.80 bits per heavy atom. The summed E-state index contributed by atoms with van der Waals surface area (Å²) in [4.78, 5) is 12.0. The van der Waals surface area contributed by atoms with Crippen LogP contribution in [0.15, 0.2) is 12.2 Å². The topological polar surface area (TPSA) is 26.3 Å². The van der Waals surface area contributed by atoms with E-state index in [0.717, 1.165) is 12.0 Å². The van der Waals surface area contributed by atoms with Gasteiger partial charge in [0.2, 0.25) is 0 Å². The van der Waals surface area contributed by atoms with Crippen molar-refractivity contribution in [2.75, 3.05) is 0 Å². The lowest BCUT2D eigenvalue weighted by Crippen LogP contribution is -2.26. The number of allylic oxidation sites excluding steroid dienone is 1. The molecule has 0 bridgehead atoms. The molecule has 0 aromatic carbocycles. The van der Waals surface area contributed by atoms with Gasteiger partial charge in [0.25, 0.3) is 0 Å². The zero-order valence-electron chi connectivity index (χ0n) is 10.2. The molecular weight excluding hydrogens is 188 g/mol. The summed E-state index contributed by atoms with van der Waals surface area (Å²) in [5.74, 6) is 0.763.